The van der Waals surface area contributed by atoms with E-state index in [1.54, 1.807) is 24.3 Å². The molecule has 0 aliphatic rings. The number of carbonyl (C=O) groups is 3. The van der Waals surface area contributed by atoms with Crippen molar-refractivity contribution in [2.24, 2.45) is 5.73 Å². The van der Waals surface area contributed by atoms with Crippen LogP contribution in [0.2, 0.25) is 0 Å². The number of hydrogen-bond acceptors (Lipinski definition) is 4. The summed E-state index contributed by atoms with van der Waals surface area (Å²) in [4.78, 5) is 34.8. The van der Waals surface area contributed by atoms with E-state index in [4.69, 9.17) is 10.5 Å². The summed E-state index contributed by atoms with van der Waals surface area (Å²) < 4.78 is 5.07. The van der Waals surface area contributed by atoms with Crippen molar-refractivity contribution in [1.29, 1.82) is 0 Å². The number of hydrogen-bond donors (Lipinski definition) is 3. The second-order valence-electron chi connectivity index (χ2n) is 6.62. The lowest BCUT2D eigenvalue weighted by atomic mass is 10.0. The third-order valence-electron chi connectivity index (χ3n) is 4.40. The second kappa shape index (κ2) is 9.55. The molecule has 0 aromatic heterocycles. The maximum absolute atomic E-state index is 12.1. The van der Waals surface area contributed by atoms with E-state index in [9.17, 15) is 14.4 Å². The standard InChI is InChI=1S/C21H25N3O4/c1-13-4-7-18(10-14(13)2)15(3)24-19(25)12-28-20(26)17-8-5-16(6-9-17)11-23-21(22)27/h4-10,15H,11-12H2,1-3H3,(H,24,25)(H3,22,23,27). The van der Waals surface area contributed by atoms with Gasteiger partial charge in [-0.2, -0.15) is 0 Å². The Bertz CT molecular complexity index is 862. The zero-order chi connectivity index (χ0) is 20.7. The number of amides is 3. The maximum atomic E-state index is 12.1. The molecular formula is C21H25N3O4. The summed E-state index contributed by atoms with van der Waals surface area (Å²) in [5, 5.41) is 5.28. The lowest BCUT2D eigenvalue weighted by Crippen LogP contribution is -2.31. The van der Waals surface area contributed by atoms with E-state index in [0.717, 1.165) is 16.7 Å². The van der Waals surface area contributed by atoms with Crippen LogP contribution < -0.4 is 16.4 Å². The molecule has 0 fully saturated rings. The van der Waals surface area contributed by atoms with Crippen molar-refractivity contribution in [1.82, 2.24) is 10.6 Å². The monoisotopic (exact) mass is 383 g/mol. The molecule has 3 amide bonds. The van der Waals surface area contributed by atoms with Crippen LogP contribution >= 0.6 is 0 Å². The summed E-state index contributed by atoms with van der Waals surface area (Å²) in [5.74, 6) is -0.968. The maximum Gasteiger partial charge on any atom is 0.338 e. The number of urea groups is 1. The van der Waals surface area contributed by atoms with Gasteiger partial charge in [0.25, 0.3) is 5.91 Å². The Morgan fingerprint density at radius 2 is 1.71 bits per heavy atom. The van der Waals surface area contributed by atoms with E-state index in [1.165, 1.54) is 5.56 Å². The first-order chi connectivity index (χ1) is 13.3. The molecule has 148 valence electrons. The largest absolute Gasteiger partial charge is 0.452 e. The molecule has 28 heavy (non-hydrogen) atoms. The zero-order valence-electron chi connectivity index (χ0n) is 16.2. The third kappa shape index (κ3) is 6.12. The molecular weight excluding hydrogens is 358 g/mol. The predicted octanol–water partition coefficient (Wildman–Crippen LogP) is 2.51. The van der Waals surface area contributed by atoms with Gasteiger partial charge in [-0.1, -0.05) is 30.3 Å². The number of ether oxygens (including phenoxy) is 1. The molecule has 0 radical (unpaired) electrons. The molecule has 0 saturated carbocycles. The highest BCUT2D eigenvalue weighted by Crippen LogP contribution is 2.16. The highest BCUT2D eigenvalue weighted by Gasteiger charge is 2.13. The molecule has 4 N–H and O–H groups in total. The summed E-state index contributed by atoms with van der Waals surface area (Å²) in [5.41, 5.74) is 9.44. The van der Waals surface area contributed by atoms with E-state index >= 15 is 0 Å². The molecule has 1 unspecified atom stereocenters. The first-order valence-corrected chi connectivity index (χ1v) is 8.92. The minimum atomic E-state index is -0.621. The normalized spacial score (nSPS) is 11.4. The van der Waals surface area contributed by atoms with Gasteiger partial charge in [0.05, 0.1) is 11.6 Å². The summed E-state index contributed by atoms with van der Waals surface area (Å²) in [6.07, 6.45) is 0. The summed E-state index contributed by atoms with van der Waals surface area (Å²) in [6.45, 7) is 5.83. The number of nitrogens with one attached hydrogen (secondary N) is 2. The minimum absolute atomic E-state index is 0.192. The highest BCUT2D eigenvalue weighted by atomic mass is 16.5. The fourth-order valence-electron chi connectivity index (χ4n) is 2.56. The SMILES string of the molecule is Cc1ccc(C(C)NC(=O)COC(=O)c2ccc(CNC(N)=O)cc2)cc1C. The summed E-state index contributed by atoms with van der Waals surface area (Å²) in [6, 6.07) is 11.7. The number of rotatable bonds is 7. The van der Waals surface area contributed by atoms with Crippen LogP contribution in [0.15, 0.2) is 42.5 Å². The molecule has 7 heteroatoms. The molecule has 1 atom stereocenters. The van der Waals surface area contributed by atoms with Crippen LogP contribution in [0, 0.1) is 13.8 Å². The van der Waals surface area contributed by atoms with Crippen molar-refractivity contribution in [2.75, 3.05) is 6.61 Å². The van der Waals surface area contributed by atoms with Gasteiger partial charge in [0.15, 0.2) is 6.61 Å². The molecule has 2 aromatic carbocycles. The van der Waals surface area contributed by atoms with Crippen molar-refractivity contribution in [3.8, 4) is 0 Å². The van der Waals surface area contributed by atoms with Crippen molar-refractivity contribution < 1.29 is 19.1 Å². The smallest absolute Gasteiger partial charge is 0.338 e. The van der Waals surface area contributed by atoms with Gasteiger partial charge in [-0.15, -0.1) is 0 Å². The fourth-order valence-corrected chi connectivity index (χ4v) is 2.56. The Morgan fingerprint density at radius 3 is 2.32 bits per heavy atom. The Kier molecular flexibility index (Phi) is 7.14. The average Bonchev–Trinajstić information content (AvgIpc) is 2.66. The zero-order valence-corrected chi connectivity index (χ0v) is 16.2. The van der Waals surface area contributed by atoms with Gasteiger partial charge in [-0.05, 0) is 55.2 Å². The molecule has 0 bridgehead atoms. The lowest BCUT2D eigenvalue weighted by Gasteiger charge is -2.16. The van der Waals surface area contributed by atoms with Crippen LogP contribution in [0.25, 0.3) is 0 Å². The second-order valence-corrected chi connectivity index (χ2v) is 6.62. The number of nitrogens with two attached hydrogens (primary N) is 1. The quantitative estimate of drug-likeness (QED) is 0.638. The summed E-state index contributed by atoms with van der Waals surface area (Å²) >= 11 is 0. The summed E-state index contributed by atoms with van der Waals surface area (Å²) in [7, 11) is 0. The van der Waals surface area contributed by atoms with Gasteiger partial charge in [-0.3, -0.25) is 4.79 Å². The molecule has 2 rings (SSSR count). The van der Waals surface area contributed by atoms with Gasteiger partial charge in [0.1, 0.15) is 0 Å². The van der Waals surface area contributed by atoms with Gasteiger partial charge in [0.2, 0.25) is 0 Å². The molecule has 0 saturated heterocycles. The topological polar surface area (TPSA) is 111 Å². The van der Waals surface area contributed by atoms with Gasteiger partial charge >= 0.3 is 12.0 Å². The fraction of sp³-hybridized carbons (Fsp3) is 0.286. The van der Waals surface area contributed by atoms with E-state index in [1.807, 2.05) is 39.0 Å². The number of primary amides is 1. The van der Waals surface area contributed by atoms with Crippen LogP contribution in [-0.4, -0.2) is 24.5 Å². The Balaban J connectivity index is 1.83. The average molecular weight is 383 g/mol. The molecule has 2 aromatic rings. The highest BCUT2D eigenvalue weighted by molar-refractivity contribution is 5.91. The van der Waals surface area contributed by atoms with Crippen molar-refractivity contribution >= 4 is 17.9 Å². The van der Waals surface area contributed by atoms with E-state index in [0.29, 0.717) is 5.56 Å². The van der Waals surface area contributed by atoms with Crippen molar-refractivity contribution in [2.45, 2.75) is 33.4 Å². The van der Waals surface area contributed by atoms with Crippen LogP contribution in [0.3, 0.4) is 0 Å². The number of esters is 1. The number of aryl methyl sites for hydroxylation is 2. The predicted molar refractivity (Wildman–Crippen MR) is 106 cm³/mol. The first-order valence-electron chi connectivity index (χ1n) is 8.92. The molecule has 0 spiro atoms. The van der Waals surface area contributed by atoms with E-state index < -0.39 is 12.0 Å². The molecule has 7 nitrogen and oxygen atoms in total. The van der Waals surface area contributed by atoms with Crippen LogP contribution in [-0.2, 0) is 16.1 Å². The van der Waals surface area contributed by atoms with Crippen LogP contribution in [0.5, 0.6) is 0 Å². The van der Waals surface area contributed by atoms with Gasteiger partial charge < -0.3 is 21.1 Å². The van der Waals surface area contributed by atoms with Crippen molar-refractivity contribution in [3.63, 3.8) is 0 Å². The lowest BCUT2D eigenvalue weighted by molar-refractivity contribution is -0.124. The third-order valence-corrected chi connectivity index (χ3v) is 4.40. The molecule has 0 aliphatic heterocycles. The molecule has 0 heterocycles. The van der Waals surface area contributed by atoms with Crippen LogP contribution in [0.1, 0.15) is 45.6 Å². The number of carbonyl (C=O) groups excluding carboxylic acids is 3. The van der Waals surface area contributed by atoms with Crippen LogP contribution in [0.4, 0.5) is 4.79 Å². The molecule has 0 aliphatic carbocycles. The number of benzene rings is 2. The minimum Gasteiger partial charge on any atom is -0.452 e. The Hall–Kier alpha value is -3.35. The van der Waals surface area contributed by atoms with E-state index in [2.05, 4.69) is 10.6 Å². The Morgan fingerprint density at radius 1 is 1.04 bits per heavy atom. The first kappa shape index (κ1) is 21.0. The Labute approximate surface area is 164 Å². The van der Waals surface area contributed by atoms with Gasteiger partial charge in [0, 0.05) is 6.54 Å². The van der Waals surface area contributed by atoms with Crippen molar-refractivity contribution in [3.05, 3.63) is 70.3 Å². The van der Waals surface area contributed by atoms with E-state index in [-0.39, 0.29) is 25.1 Å². The van der Waals surface area contributed by atoms with Gasteiger partial charge in [-0.25, -0.2) is 9.59 Å².